The van der Waals surface area contributed by atoms with Crippen molar-refractivity contribution in [3.63, 3.8) is 0 Å². The molecular weight excluding hydrogens is 438 g/mol. The highest BCUT2D eigenvalue weighted by Crippen LogP contribution is 2.09. The molecule has 0 aromatic heterocycles. The smallest absolute Gasteiger partial charge is 0.326 e. The van der Waals surface area contributed by atoms with Crippen LogP contribution in [0.25, 0.3) is 0 Å². The molecule has 33 heavy (non-hydrogen) atoms. The number of nitrogens with two attached hydrogens (primary N) is 2. The Kier molecular flexibility index (Phi) is 14.6. The van der Waals surface area contributed by atoms with Gasteiger partial charge in [0.25, 0.3) is 0 Å². The van der Waals surface area contributed by atoms with Crippen LogP contribution < -0.4 is 27.4 Å². The molecule has 0 bridgehead atoms. The van der Waals surface area contributed by atoms with Crippen molar-refractivity contribution in [3.8, 4) is 0 Å². The molecule has 0 radical (unpaired) electrons. The lowest BCUT2D eigenvalue weighted by Crippen LogP contribution is -2.57. The Morgan fingerprint density at radius 2 is 1.36 bits per heavy atom. The highest BCUT2D eigenvalue weighted by atomic mass is 16.4. The van der Waals surface area contributed by atoms with Crippen LogP contribution in [0.5, 0.6) is 0 Å². The summed E-state index contributed by atoms with van der Waals surface area (Å²) in [6.07, 6.45) is 0.596. The van der Waals surface area contributed by atoms with Crippen molar-refractivity contribution in [1.29, 1.82) is 0 Å². The van der Waals surface area contributed by atoms with Crippen LogP contribution in [0.15, 0.2) is 0 Å². The summed E-state index contributed by atoms with van der Waals surface area (Å²) in [6.45, 7) is 3.39. The van der Waals surface area contributed by atoms with Crippen LogP contribution in [0.3, 0.4) is 0 Å². The molecule has 190 valence electrons. The SMILES string of the molecule is CC(C)CC(NC(=O)C(N)CO)C(=O)NC(CCCCN)C(=O)NC(CCC(=O)O)C(=O)O. The van der Waals surface area contributed by atoms with Crippen molar-refractivity contribution in [2.45, 2.75) is 76.5 Å². The van der Waals surface area contributed by atoms with E-state index in [0.717, 1.165) is 0 Å². The Bertz CT molecular complexity index is 673. The van der Waals surface area contributed by atoms with Gasteiger partial charge in [-0.3, -0.25) is 19.2 Å². The molecule has 0 aromatic carbocycles. The first-order valence-corrected chi connectivity index (χ1v) is 10.8. The molecule has 0 saturated heterocycles. The Morgan fingerprint density at radius 1 is 0.818 bits per heavy atom. The van der Waals surface area contributed by atoms with Crippen molar-refractivity contribution in [3.05, 3.63) is 0 Å². The molecule has 0 aromatic rings. The molecule has 0 aliphatic carbocycles. The zero-order valence-corrected chi connectivity index (χ0v) is 19.1. The minimum Gasteiger partial charge on any atom is -0.481 e. The van der Waals surface area contributed by atoms with Gasteiger partial charge in [-0.1, -0.05) is 13.8 Å². The third-order valence-electron chi connectivity index (χ3n) is 4.71. The normalized spacial score (nSPS) is 14.6. The van der Waals surface area contributed by atoms with Crippen LogP contribution in [0.4, 0.5) is 0 Å². The largest absolute Gasteiger partial charge is 0.481 e. The van der Waals surface area contributed by atoms with Gasteiger partial charge in [-0.05, 0) is 44.6 Å². The van der Waals surface area contributed by atoms with Gasteiger partial charge in [0.05, 0.1) is 6.61 Å². The molecular formula is C20H37N5O8. The highest BCUT2D eigenvalue weighted by molar-refractivity contribution is 5.94. The first-order chi connectivity index (χ1) is 15.4. The first-order valence-electron chi connectivity index (χ1n) is 10.8. The lowest BCUT2D eigenvalue weighted by molar-refractivity contribution is -0.143. The number of carbonyl (C=O) groups excluding carboxylic acids is 3. The minimum absolute atomic E-state index is 0.0108. The number of amides is 3. The molecule has 0 aliphatic heterocycles. The monoisotopic (exact) mass is 475 g/mol. The number of aliphatic hydroxyl groups excluding tert-OH is 1. The Hall–Kier alpha value is -2.77. The number of carboxylic acids is 2. The van der Waals surface area contributed by atoms with Crippen LogP contribution >= 0.6 is 0 Å². The van der Waals surface area contributed by atoms with Crippen LogP contribution in [0.1, 0.15) is 52.4 Å². The highest BCUT2D eigenvalue weighted by Gasteiger charge is 2.30. The van der Waals surface area contributed by atoms with Gasteiger partial charge in [-0.15, -0.1) is 0 Å². The summed E-state index contributed by atoms with van der Waals surface area (Å²) in [5.74, 6) is -4.83. The molecule has 0 spiro atoms. The van der Waals surface area contributed by atoms with Crippen LogP contribution in [0, 0.1) is 5.92 Å². The lowest BCUT2D eigenvalue weighted by Gasteiger charge is -2.26. The number of aliphatic hydroxyl groups is 1. The second-order valence-electron chi connectivity index (χ2n) is 8.16. The van der Waals surface area contributed by atoms with E-state index in [1.807, 2.05) is 13.8 Å². The van der Waals surface area contributed by atoms with Gasteiger partial charge in [-0.2, -0.15) is 0 Å². The topological polar surface area (TPSA) is 234 Å². The summed E-state index contributed by atoms with van der Waals surface area (Å²) >= 11 is 0. The predicted molar refractivity (Wildman–Crippen MR) is 118 cm³/mol. The van der Waals surface area contributed by atoms with E-state index in [-0.39, 0.29) is 25.2 Å². The average Bonchev–Trinajstić information content (AvgIpc) is 2.73. The number of unbranched alkanes of at least 4 members (excludes halogenated alkanes) is 1. The number of hydrogen-bond donors (Lipinski definition) is 8. The number of hydrogen-bond acceptors (Lipinski definition) is 8. The van der Waals surface area contributed by atoms with E-state index >= 15 is 0 Å². The number of aliphatic carboxylic acids is 2. The quantitative estimate of drug-likeness (QED) is 0.106. The van der Waals surface area contributed by atoms with E-state index in [9.17, 15) is 29.1 Å². The van der Waals surface area contributed by atoms with Gasteiger partial charge in [0.15, 0.2) is 0 Å². The molecule has 10 N–H and O–H groups in total. The van der Waals surface area contributed by atoms with E-state index < -0.39 is 66.9 Å². The van der Waals surface area contributed by atoms with Crippen molar-refractivity contribution >= 4 is 29.7 Å². The molecule has 3 amide bonds. The van der Waals surface area contributed by atoms with E-state index in [0.29, 0.717) is 19.4 Å². The molecule has 13 nitrogen and oxygen atoms in total. The molecule has 0 rings (SSSR count). The zero-order chi connectivity index (χ0) is 25.6. The summed E-state index contributed by atoms with van der Waals surface area (Å²) in [4.78, 5) is 59.8. The molecule has 0 aliphatic rings. The number of carboxylic acid groups (broad SMARTS) is 2. The summed E-state index contributed by atoms with van der Waals surface area (Å²) in [6, 6.07) is -4.84. The van der Waals surface area contributed by atoms with Gasteiger partial charge in [0.2, 0.25) is 17.7 Å². The van der Waals surface area contributed by atoms with Gasteiger partial charge in [0, 0.05) is 6.42 Å². The number of carbonyl (C=O) groups is 5. The van der Waals surface area contributed by atoms with Gasteiger partial charge < -0.3 is 42.7 Å². The van der Waals surface area contributed by atoms with Crippen LogP contribution in [-0.2, 0) is 24.0 Å². The van der Waals surface area contributed by atoms with E-state index in [1.54, 1.807) is 0 Å². The third-order valence-corrected chi connectivity index (χ3v) is 4.71. The Morgan fingerprint density at radius 3 is 1.85 bits per heavy atom. The lowest BCUT2D eigenvalue weighted by atomic mass is 10.0. The van der Waals surface area contributed by atoms with Gasteiger partial charge in [-0.25, -0.2) is 4.79 Å². The fourth-order valence-corrected chi connectivity index (χ4v) is 2.90. The maximum absolute atomic E-state index is 12.9. The Labute approximate surface area is 192 Å². The summed E-state index contributed by atoms with van der Waals surface area (Å²) in [5.41, 5.74) is 11.0. The van der Waals surface area contributed by atoms with Crippen molar-refractivity contribution in [1.82, 2.24) is 16.0 Å². The van der Waals surface area contributed by atoms with E-state index in [1.165, 1.54) is 0 Å². The van der Waals surface area contributed by atoms with E-state index in [2.05, 4.69) is 16.0 Å². The molecule has 0 heterocycles. The maximum Gasteiger partial charge on any atom is 0.326 e. The van der Waals surface area contributed by atoms with Crippen molar-refractivity contribution < 1.29 is 39.3 Å². The third kappa shape index (κ3) is 12.7. The molecule has 4 atom stereocenters. The van der Waals surface area contributed by atoms with Gasteiger partial charge in [0.1, 0.15) is 24.2 Å². The molecule has 4 unspecified atom stereocenters. The maximum atomic E-state index is 12.9. The van der Waals surface area contributed by atoms with Crippen molar-refractivity contribution in [2.75, 3.05) is 13.2 Å². The first kappa shape index (κ1) is 30.2. The molecule has 0 fully saturated rings. The summed E-state index contributed by atoms with van der Waals surface area (Å²) in [5, 5.41) is 34.4. The molecule has 0 saturated carbocycles. The van der Waals surface area contributed by atoms with Crippen molar-refractivity contribution in [2.24, 2.45) is 17.4 Å². The standard InChI is InChI=1S/C20H37N5O8/c1-11(2)9-15(25-17(29)12(22)10-26)19(31)23-13(5-3-4-8-21)18(30)24-14(20(32)33)6-7-16(27)28/h11-15,26H,3-10,21-22H2,1-2H3,(H,23,31)(H,24,30)(H,25,29)(H,27,28)(H,32,33). The second kappa shape index (κ2) is 15.9. The van der Waals surface area contributed by atoms with Crippen LogP contribution in [-0.4, -0.2) is 82.3 Å². The number of nitrogens with one attached hydrogen (secondary N) is 3. The fourth-order valence-electron chi connectivity index (χ4n) is 2.90. The second-order valence-corrected chi connectivity index (χ2v) is 8.16. The van der Waals surface area contributed by atoms with Crippen LogP contribution in [0.2, 0.25) is 0 Å². The number of rotatable bonds is 17. The fraction of sp³-hybridized carbons (Fsp3) is 0.750. The summed E-state index contributed by atoms with van der Waals surface area (Å²) < 4.78 is 0. The summed E-state index contributed by atoms with van der Waals surface area (Å²) in [7, 11) is 0. The average molecular weight is 476 g/mol. The Balaban J connectivity index is 5.47. The predicted octanol–water partition coefficient (Wildman–Crippen LogP) is -2.12. The van der Waals surface area contributed by atoms with E-state index in [4.69, 9.17) is 21.7 Å². The molecule has 13 heteroatoms. The minimum atomic E-state index is -1.45. The van der Waals surface area contributed by atoms with Gasteiger partial charge >= 0.3 is 11.9 Å². The zero-order valence-electron chi connectivity index (χ0n) is 19.1.